The van der Waals surface area contributed by atoms with Gasteiger partial charge in [0, 0.05) is 17.8 Å². The Bertz CT molecular complexity index is 647. The zero-order chi connectivity index (χ0) is 11.9. The van der Waals surface area contributed by atoms with E-state index in [-0.39, 0.29) is 11.8 Å². The van der Waals surface area contributed by atoms with Gasteiger partial charge in [-0.25, -0.2) is 0 Å². The summed E-state index contributed by atoms with van der Waals surface area (Å²) in [6.07, 6.45) is 0. The molecule has 0 radical (unpaired) electrons. The van der Waals surface area contributed by atoms with Crippen LogP contribution in [-0.4, -0.2) is 5.78 Å². The molecule has 1 saturated carbocycles. The van der Waals surface area contributed by atoms with Crippen molar-refractivity contribution in [2.75, 3.05) is 0 Å². The van der Waals surface area contributed by atoms with Crippen LogP contribution in [0.3, 0.4) is 0 Å². The Morgan fingerprint density at radius 3 is 1.56 bits per heavy atom. The third-order valence-electron chi connectivity index (χ3n) is 4.97. The van der Waals surface area contributed by atoms with Crippen LogP contribution in [0.2, 0.25) is 0 Å². The van der Waals surface area contributed by atoms with Crippen LogP contribution in [0.4, 0.5) is 0 Å². The molecule has 1 nitrogen and oxygen atoms in total. The Kier molecular flexibility index (Phi) is 1.39. The van der Waals surface area contributed by atoms with Crippen LogP contribution in [0.15, 0.2) is 48.5 Å². The number of rotatable bonds is 0. The molecule has 18 heavy (non-hydrogen) atoms. The molecule has 5 rings (SSSR count). The summed E-state index contributed by atoms with van der Waals surface area (Å²) in [5.74, 6) is 1.68. The number of carbonyl (C=O) groups excluding carboxylic acids is 1. The molecule has 2 aromatic rings. The van der Waals surface area contributed by atoms with E-state index in [1.807, 2.05) is 0 Å². The summed E-state index contributed by atoms with van der Waals surface area (Å²) >= 11 is 0. The lowest BCUT2D eigenvalue weighted by molar-refractivity contribution is -0.121. The first kappa shape index (κ1) is 9.09. The first-order chi connectivity index (χ1) is 8.88. The minimum Gasteiger partial charge on any atom is -0.298 e. The molecule has 2 bridgehead atoms. The van der Waals surface area contributed by atoms with Crippen molar-refractivity contribution in [3.8, 4) is 0 Å². The van der Waals surface area contributed by atoms with E-state index < -0.39 is 0 Å². The Morgan fingerprint density at radius 1 is 0.611 bits per heavy atom. The Balaban J connectivity index is 1.91. The van der Waals surface area contributed by atoms with E-state index >= 15 is 0 Å². The van der Waals surface area contributed by atoms with Gasteiger partial charge in [-0.2, -0.15) is 0 Å². The van der Waals surface area contributed by atoms with E-state index in [4.69, 9.17) is 0 Å². The molecule has 2 aromatic carbocycles. The standard InChI is InChI=1S/C17H12O/c18-17-13-9-5-1-3-7-11(9)14-15(16(14)17)12-8-4-2-6-10(12)13/h1-8,13-16H/t13?,14-,15-,16?/m0/s1. The molecular weight excluding hydrogens is 220 g/mol. The Morgan fingerprint density at radius 2 is 1.06 bits per heavy atom. The van der Waals surface area contributed by atoms with Crippen molar-refractivity contribution in [1.82, 2.24) is 0 Å². The van der Waals surface area contributed by atoms with Gasteiger partial charge in [0.15, 0.2) is 0 Å². The minimum atomic E-state index is 0.0115. The van der Waals surface area contributed by atoms with Gasteiger partial charge in [-0.1, -0.05) is 48.5 Å². The molecule has 0 unspecified atom stereocenters. The maximum atomic E-state index is 12.6. The topological polar surface area (TPSA) is 17.1 Å². The van der Waals surface area contributed by atoms with Crippen LogP contribution in [0.5, 0.6) is 0 Å². The van der Waals surface area contributed by atoms with Crippen molar-refractivity contribution in [2.24, 2.45) is 5.92 Å². The number of fused-ring (bicyclic) bond motifs is 8. The van der Waals surface area contributed by atoms with Gasteiger partial charge in [0.2, 0.25) is 0 Å². The highest BCUT2D eigenvalue weighted by atomic mass is 16.1. The van der Waals surface area contributed by atoms with Crippen molar-refractivity contribution in [3.05, 3.63) is 70.8 Å². The van der Waals surface area contributed by atoms with Crippen LogP contribution < -0.4 is 0 Å². The number of Topliss-reactive ketones (excluding diaryl/α,β-unsaturated/α-hetero) is 1. The predicted octanol–water partition coefficient (Wildman–Crippen LogP) is 3.21. The average molecular weight is 232 g/mol. The molecular formula is C17H12O. The molecule has 0 aromatic heterocycles. The molecule has 0 N–H and O–H groups in total. The molecule has 2 atom stereocenters. The van der Waals surface area contributed by atoms with Gasteiger partial charge in [0.05, 0.1) is 5.92 Å². The number of carbonyl (C=O) groups is 1. The van der Waals surface area contributed by atoms with Gasteiger partial charge in [-0.3, -0.25) is 4.79 Å². The number of benzene rings is 2. The second-order valence-corrected chi connectivity index (χ2v) is 5.67. The highest BCUT2D eigenvalue weighted by molar-refractivity contribution is 6.00. The summed E-state index contributed by atoms with van der Waals surface area (Å²) in [5, 5.41) is 0. The van der Waals surface area contributed by atoms with Gasteiger partial charge >= 0.3 is 0 Å². The molecule has 3 aliphatic carbocycles. The first-order valence-corrected chi connectivity index (χ1v) is 6.59. The SMILES string of the molecule is O=C1C2c3ccccc3[C@@H]3C1[C@H]3c1ccccc12. The van der Waals surface area contributed by atoms with E-state index in [9.17, 15) is 4.79 Å². The third-order valence-corrected chi connectivity index (χ3v) is 4.97. The molecule has 1 heteroatoms. The highest BCUT2D eigenvalue weighted by Crippen LogP contribution is 2.70. The lowest BCUT2D eigenvalue weighted by atomic mass is 9.75. The van der Waals surface area contributed by atoms with E-state index in [1.165, 1.54) is 22.3 Å². The van der Waals surface area contributed by atoms with Crippen molar-refractivity contribution in [1.29, 1.82) is 0 Å². The molecule has 0 aliphatic heterocycles. The molecule has 3 aliphatic rings. The van der Waals surface area contributed by atoms with Crippen LogP contribution in [0.1, 0.15) is 40.0 Å². The van der Waals surface area contributed by atoms with Crippen LogP contribution >= 0.6 is 0 Å². The fraction of sp³-hybridized carbons (Fsp3) is 0.235. The van der Waals surface area contributed by atoms with E-state index in [1.54, 1.807) is 0 Å². The number of ketones is 1. The lowest BCUT2D eigenvalue weighted by Crippen LogP contribution is -2.24. The quantitative estimate of drug-likeness (QED) is 0.681. The lowest BCUT2D eigenvalue weighted by Gasteiger charge is -2.26. The van der Waals surface area contributed by atoms with Gasteiger partial charge in [0.25, 0.3) is 0 Å². The molecule has 86 valence electrons. The molecule has 0 spiro atoms. The highest BCUT2D eigenvalue weighted by Gasteiger charge is 2.64. The third kappa shape index (κ3) is 0.828. The van der Waals surface area contributed by atoms with Gasteiger partial charge in [-0.05, 0) is 22.3 Å². The van der Waals surface area contributed by atoms with E-state index in [0.717, 1.165) is 0 Å². The minimum absolute atomic E-state index is 0.0115. The largest absolute Gasteiger partial charge is 0.298 e. The first-order valence-electron chi connectivity index (χ1n) is 6.59. The smallest absolute Gasteiger partial charge is 0.149 e. The van der Waals surface area contributed by atoms with Gasteiger partial charge in [-0.15, -0.1) is 0 Å². The zero-order valence-electron chi connectivity index (χ0n) is 9.84. The summed E-state index contributed by atoms with van der Waals surface area (Å²) in [4.78, 5) is 12.6. The summed E-state index contributed by atoms with van der Waals surface area (Å²) in [7, 11) is 0. The molecule has 1 fully saturated rings. The van der Waals surface area contributed by atoms with Crippen LogP contribution in [-0.2, 0) is 4.79 Å². The molecule has 0 saturated heterocycles. The fourth-order valence-electron chi connectivity index (χ4n) is 4.26. The average Bonchev–Trinajstić information content (AvgIpc) is 3.16. The number of hydrogen-bond acceptors (Lipinski definition) is 1. The predicted molar refractivity (Wildman–Crippen MR) is 68.7 cm³/mol. The second-order valence-electron chi connectivity index (χ2n) is 5.67. The van der Waals surface area contributed by atoms with Gasteiger partial charge < -0.3 is 0 Å². The monoisotopic (exact) mass is 232 g/mol. The van der Waals surface area contributed by atoms with Crippen molar-refractivity contribution >= 4 is 5.78 Å². The second kappa shape index (κ2) is 2.74. The zero-order valence-corrected chi connectivity index (χ0v) is 9.84. The summed E-state index contributed by atoms with van der Waals surface area (Å²) < 4.78 is 0. The Labute approximate surface area is 105 Å². The summed E-state index contributed by atoms with van der Waals surface area (Å²) in [6, 6.07) is 17.1. The summed E-state index contributed by atoms with van der Waals surface area (Å²) in [6.45, 7) is 0. The van der Waals surface area contributed by atoms with Gasteiger partial charge in [0.1, 0.15) is 5.78 Å². The summed E-state index contributed by atoms with van der Waals surface area (Å²) in [5.41, 5.74) is 5.37. The van der Waals surface area contributed by atoms with Crippen molar-refractivity contribution in [3.63, 3.8) is 0 Å². The van der Waals surface area contributed by atoms with Crippen LogP contribution in [0.25, 0.3) is 0 Å². The molecule has 0 amide bonds. The fourth-order valence-corrected chi connectivity index (χ4v) is 4.26. The van der Waals surface area contributed by atoms with E-state index in [0.29, 0.717) is 17.6 Å². The maximum Gasteiger partial charge on any atom is 0.149 e. The van der Waals surface area contributed by atoms with Crippen LogP contribution in [0, 0.1) is 5.92 Å². The maximum absolute atomic E-state index is 12.6. The Hall–Kier alpha value is -1.89. The number of hydrogen-bond donors (Lipinski definition) is 0. The molecule has 0 heterocycles. The normalized spacial score (nSPS) is 33.7. The van der Waals surface area contributed by atoms with Crippen molar-refractivity contribution in [2.45, 2.75) is 17.8 Å². The van der Waals surface area contributed by atoms with E-state index in [2.05, 4.69) is 48.5 Å². The van der Waals surface area contributed by atoms with Crippen molar-refractivity contribution < 1.29 is 4.79 Å².